The minimum absolute atomic E-state index is 0.626. The Morgan fingerprint density at radius 1 is 0.284 bits per heavy atom. The van der Waals surface area contributed by atoms with E-state index in [2.05, 4.69) is 256 Å². The molecule has 0 aromatic heterocycles. The highest BCUT2D eigenvalue weighted by Gasteiger charge is 2.54. The van der Waals surface area contributed by atoms with Crippen molar-refractivity contribution in [3.63, 3.8) is 0 Å². The lowest BCUT2D eigenvalue weighted by molar-refractivity contribution is 0.802. The molecule has 0 unspecified atom stereocenters. The summed E-state index contributed by atoms with van der Waals surface area (Å²) in [6.45, 7) is 8.83. The van der Waals surface area contributed by atoms with Crippen LogP contribution < -0.4 is 9.80 Å². The van der Waals surface area contributed by atoms with Crippen molar-refractivity contribution in [1.29, 1.82) is 0 Å². The Labute approximate surface area is 392 Å². The van der Waals surface area contributed by atoms with Crippen molar-refractivity contribution in [2.24, 2.45) is 0 Å². The van der Waals surface area contributed by atoms with Crippen LogP contribution in [0.5, 0.6) is 0 Å². The molecule has 0 fully saturated rings. The van der Waals surface area contributed by atoms with Gasteiger partial charge in [-0.2, -0.15) is 0 Å². The molecule has 0 N–H and O–H groups in total. The summed E-state index contributed by atoms with van der Waals surface area (Å²) in [5, 5.41) is 7.52. The third kappa shape index (κ3) is 5.63. The minimum atomic E-state index is -0.626. The Morgan fingerprint density at radius 2 is 0.746 bits per heavy atom. The summed E-state index contributed by atoms with van der Waals surface area (Å²) in [7, 11) is 0. The van der Waals surface area contributed by atoms with E-state index in [0.29, 0.717) is 0 Å². The van der Waals surface area contributed by atoms with E-state index >= 15 is 0 Å². The van der Waals surface area contributed by atoms with Crippen molar-refractivity contribution < 1.29 is 0 Å². The van der Waals surface area contributed by atoms with Gasteiger partial charge in [-0.1, -0.05) is 152 Å². The third-order valence-corrected chi connectivity index (χ3v) is 15.0. The zero-order valence-electron chi connectivity index (χ0n) is 38.2. The summed E-state index contributed by atoms with van der Waals surface area (Å²) in [5.74, 6) is 0. The zero-order chi connectivity index (χ0) is 45.0. The average Bonchev–Trinajstić information content (AvgIpc) is 3.85. The molecule has 0 heterocycles. The molecular formula is C65H48N2. The molecule has 11 aromatic carbocycles. The van der Waals surface area contributed by atoms with Gasteiger partial charge in [0.25, 0.3) is 0 Å². The van der Waals surface area contributed by atoms with Crippen molar-refractivity contribution in [2.75, 3.05) is 9.80 Å². The molecule has 318 valence electrons. The number of fused-ring (bicyclic) bond motifs is 17. The van der Waals surface area contributed by atoms with Crippen molar-refractivity contribution in [1.82, 2.24) is 0 Å². The van der Waals surface area contributed by atoms with Gasteiger partial charge in [-0.05, 0) is 188 Å². The largest absolute Gasteiger partial charge is 0.310 e. The second kappa shape index (κ2) is 14.9. The SMILES string of the molecule is Cc1ccc(N(c2ccccc2)c2ccc3c4c(c5ccccc5c3c2)-c2c(cc(N(c3ccccc3)c3ccc(C)c(C)c3)c3ccccc23)C42c3ccccc3-c3ccccc32)cc1C. The van der Waals surface area contributed by atoms with Gasteiger partial charge in [0, 0.05) is 33.8 Å². The molecule has 0 atom stereocenters. The molecule has 67 heavy (non-hydrogen) atoms. The molecule has 2 aliphatic carbocycles. The number of anilines is 6. The van der Waals surface area contributed by atoms with E-state index < -0.39 is 5.41 Å². The number of hydrogen-bond donors (Lipinski definition) is 0. The molecule has 0 saturated heterocycles. The van der Waals surface area contributed by atoms with Crippen LogP contribution >= 0.6 is 0 Å². The molecule has 13 rings (SSSR count). The molecule has 0 saturated carbocycles. The minimum Gasteiger partial charge on any atom is -0.310 e. The van der Waals surface area contributed by atoms with E-state index in [4.69, 9.17) is 0 Å². The lowest BCUT2D eigenvalue weighted by Crippen LogP contribution is -2.26. The van der Waals surface area contributed by atoms with E-state index in [1.165, 1.54) is 105 Å². The van der Waals surface area contributed by atoms with Gasteiger partial charge in [0.1, 0.15) is 0 Å². The zero-order valence-corrected chi connectivity index (χ0v) is 38.2. The smallest absolute Gasteiger partial charge is 0.0732 e. The predicted molar refractivity (Wildman–Crippen MR) is 284 cm³/mol. The van der Waals surface area contributed by atoms with Gasteiger partial charge in [-0.3, -0.25) is 0 Å². The first-order chi connectivity index (χ1) is 32.9. The van der Waals surface area contributed by atoms with E-state index in [0.717, 1.165) is 28.4 Å². The Bertz CT molecular complexity index is 3760. The molecule has 2 nitrogen and oxygen atoms in total. The standard InChI is InChI=1S/C65H48N2/c1-41-31-33-47(37-43(41)3)66(45-19-7-5-8-20-45)49-35-36-56-57(39-49)50-23-11-13-27-54(50)63-62-55-28-14-12-26-53(55)61(67(46-21-9-6-10-22-46)48-34-32-42(2)44(4)38-48)40-60(62)65(64(56)63)58-29-17-15-24-51(58)52-25-16-18-30-59(52)65/h5-40H,1-4H3. The van der Waals surface area contributed by atoms with Crippen LogP contribution in [0.15, 0.2) is 218 Å². The normalized spacial score (nSPS) is 12.9. The molecule has 0 radical (unpaired) electrons. The predicted octanol–water partition coefficient (Wildman–Crippen LogP) is 17.7. The number of rotatable bonds is 6. The molecule has 11 aromatic rings. The Hall–Kier alpha value is -8.20. The summed E-state index contributed by atoms with van der Waals surface area (Å²) in [4.78, 5) is 4.91. The second-order valence-corrected chi connectivity index (χ2v) is 18.6. The van der Waals surface area contributed by atoms with Gasteiger partial charge in [-0.15, -0.1) is 0 Å². The van der Waals surface area contributed by atoms with Gasteiger partial charge >= 0.3 is 0 Å². The topological polar surface area (TPSA) is 6.48 Å². The Kier molecular flexibility index (Phi) is 8.73. The summed E-state index contributed by atoms with van der Waals surface area (Å²) < 4.78 is 0. The van der Waals surface area contributed by atoms with Gasteiger partial charge in [0.05, 0.1) is 11.1 Å². The molecule has 1 spiro atoms. The molecule has 2 aliphatic rings. The fraction of sp³-hybridized carbons (Fsp3) is 0.0769. The summed E-state index contributed by atoms with van der Waals surface area (Å²) in [5.41, 5.74) is 21.9. The van der Waals surface area contributed by atoms with Crippen LogP contribution in [0.25, 0.3) is 54.6 Å². The third-order valence-electron chi connectivity index (χ3n) is 15.0. The van der Waals surface area contributed by atoms with Crippen LogP contribution in [-0.2, 0) is 5.41 Å². The van der Waals surface area contributed by atoms with Crippen LogP contribution in [0.2, 0.25) is 0 Å². The maximum atomic E-state index is 2.57. The lowest BCUT2D eigenvalue weighted by atomic mass is 9.69. The van der Waals surface area contributed by atoms with Crippen LogP contribution in [0, 0.1) is 27.7 Å². The first-order valence-electron chi connectivity index (χ1n) is 23.5. The van der Waals surface area contributed by atoms with E-state index in [1.54, 1.807) is 0 Å². The molecule has 2 heteroatoms. The van der Waals surface area contributed by atoms with Gasteiger partial charge in [0.2, 0.25) is 0 Å². The van der Waals surface area contributed by atoms with Crippen LogP contribution in [-0.4, -0.2) is 0 Å². The van der Waals surface area contributed by atoms with Crippen LogP contribution in [0.1, 0.15) is 44.5 Å². The van der Waals surface area contributed by atoms with Crippen molar-refractivity contribution in [3.8, 4) is 22.3 Å². The molecule has 0 bridgehead atoms. The van der Waals surface area contributed by atoms with Crippen molar-refractivity contribution >= 4 is 66.4 Å². The number of aryl methyl sites for hydroxylation is 4. The number of para-hydroxylation sites is 2. The van der Waals surface area contributed by atoms with Gasteiger partial charge in [-0.25, -0.2) is 0 Å². The van der Waals surface area contributed by atoms with Crippen molar-refractivity contribution in [3.05, 3.63) is 263 Å². The Balaban J connectivity index is 1.19. The monoisotopic (exact) mass is 856 g/mol. The second-order valence-electron chi connectivity index (χ2n) is 18.6. The van der Waals surface area contributed by atoms with Gasteiger partial charge < -0.3 is 9.80 Å². The molecule has 0 aliphatic heterocycles. The number of benzene rings is 11. The first-order valence-corrected chi connectivity index (χ1v) is 23.5. The number of nitrogens with zero attached hydrogens (tertiary/aromatic N) is 2. The highest BCUT2D eigenvalue weighted by molar-refractivity contribution is 6.24. The average molecular weight is 857 g/mol. The van der Waals surface area contributed by atoms with Gasteiger partial charge in [0.15, 0.2) is 0 Å². The summed E-state index contributed by atoms with van der Waals surface area (Å²) in [6, 6.07) is 82.1. The van der Waals surface area contributed by atoms with E-state index in [9.17, 15) is 0 Å². The molecule has 0 amide bonds. The van der Waals surface area contributed by atoms with Crippen molar-refractivity contribution in [2.45, 2.75) is 33.1 Å². The van der Waals surface area contributed by atoms with E-state index in [1.807, 2.05) is 0 Å². The summed E-state index contributed by atoms with van der Waals surface area (Å²) >= 11 is 0. The van der Waals surface area contributed by atoms with Crippen LogP contribution in [0.4, 0.5) is 34.1 Å². The lowest BCUT2D eigenvalue weighted by Gasteiger charge is -2.34. The molecular weight excluding hydrogens is 809 g/mol. The first kappa shape index (κ1) is 39.2. The number of hydrogen-bond acceptors (Lipinski definition) is 2. The fourth-order valence-corrected chi connectivity index (χ4v) is 11.8. The maximum absolute atomic E-state index is 2.57. The quantitative estimate of drug-likeness (QED) is 0.154. The van der Waals surface area contributed by atoms with E-state index in [-0.39, 0.29) is 0 Å². The maximum Gasteiger partial charge on any atom is 0.0732 e. The Morgan fingerprint density at radius 3 is 1.34 bits per heavy atom. The highest BCUT2D eigenvalue weighted by Crippen LogP contribution is 2.67. The van der Waals surface area contributed by atoms with Crippen LogP contribution in [0.3, 0.4) is 0 Å². The highest BCUT2D eigenvalue weighted by atomic mass is 15.1. The summed E-state index contributed by atoms with van der Waals surface area (Å²) in [6.07, 6.45) is 0. The fourth-order valence-electron chi connectivity index (χ4n) is 11.8.